The van der Waals surface area contributed by atoms with Crippen molar-refractivity contribution in [2.45, 2.75) is 38.6 Å². The molecule has 0 saturated heterocycles. The zero-order valence-electron chi connectivity index (χ0n) is 11.8. The summed E-state index contributed by atoms with van der Waals surface area (Å²) in [5.41, 5.74) is 0.545. The monoisotopic (exact) mass is 275 g/mol. The van der Waals surface area contributed by atoms with Crippen LogP contribution in [0.1, 0.15) is 43.0 Å². The van der Waals surface area contributed by atoms with Gasteiger partial charge < -0.3 is 10.1 Å². The van der Waals surface area contributed by atoms with Crippen molar-refractivity contribution < 1.29 is 14.3 Å². The first-order valence-electron chi connectivity index (χ1n) is 7.16. The summed E-state index contributed by atoms with van der Waals surface area (Å²) in [6.07, 6.45) is 5.41. The molecule has 0 spiro atoms. The van der Waals surface area contributed by atoms with Crippen LogP contribution in [0.2, 0.25) is 0 Å². The summed E-state index contributed by atoms with van der Waals surface area (Å²) in [4.78, 5) is 22.5. The summed E-state index contributed by atoms with van der Waals surface area (Å²) in [5.74, 6) is 0.979. The van der Waals surface area contributed by atoms with E-state index >= 15 is 0 Å². The standard InChI is InChI=1S/C16H21NO3/c1-12-5-2-3-8-15(12)17-16(19)11-20-14-7-4-6-13(9-14)10-18/h4,6-7,9-10,12,15H,2-3,5,8,11H2,1H3,(H,17,19)/t12-,15-/m0/s1. The summed E-state index contributed by atoms with van der Waals surface area (Å²) in [5, 5.41) is 3.03. The maximum Gasteiger partial charge on any atom is 0.258 e. The molecule has 2 atom stereocenters. The zero-order valence-corrected chi connectivity index (χ0v) is 11.8. The SMILES string of the molecule is C[C@H]1CCCC[C@@H]1NC(=O)COc1cccc(C=O)c1. The number of hydrogen-bond donors (Lipinski definition) is 1. The van der Waals surface area contributed by atoms with E-state index < -0.39 is 0 Å². The van der Waals surface area contributed by atoms with Gasteiger partial charge in [0.2, 0.25) is 0 Å². The number of ether oxygens (including phenoxy) is 1. The number of nitrogens with one attached hydrogen (secondary N) is 1. The average molecular weight is 275 g/mol. The molecule has 0 radical (unpaired) electrons. The fourth-order valence-electron chi connectivity index (χ4n) is 2.61. The molecule has 20 heavy (non-hydrogen) atoms. The lowest BCUT2D eigenvalue weighted by molar-refractivity contribution is -0.124. The third kappa shape index (κ3) is 4.08. The summed E-state index contributed by atoms with van der Waals surface area (Å²) in [6.45, 7) is 2.17. The Kier molecular flexibility index (Phi) is 5.16. The fraction of sp³-hybridized carbons (Fsp3) is 0.500. The molecule has 4 heteroatoms. The Labute approximate surface area is 119 Å². The molecule has 1 amide bonds. The predicted molar refractivity (Wildman–Crippen MR) is 76.9 cm³/mol. The molecule has 0 heterocycles. The van der Waals surface area contributed by atoms with E-state index in [1.54, 1.807) is 24.3 Å². The van der Waals surface area contributed by atoms with E-state index in [1.807, 2.05) is 0 Å². The highest BCUT2D eigenvalue weighted by Gasteiger charge is 2.22. The first kappa shape index (κ1) is 14.6. The minimum atomic E-state index is -0.0970. The largest absolute Gasteiger partial charge is 0.484 e. The van der Waals surface area contributed by atoms with Gasteiger partial charge in [0, 0.05) is 11.6 Å². The van der Waals surface area contributed by atoms with Crippen molar-refractivity contribution >= 4 is 12.2 Å². The topological polar surface area (TPSA) is 55.4 Å². The molecule has 1 aliphatic carbocycles. The quantitative estimate of drug-likeness (QED) is 0.840. The number of rotatable bonds is 5. The average Bonchev–Trinajstić information content (AvgIpc) is 2.48. The fourth-order valence-corrected chi connectivity index (χ4v) is 2.61. The van der Waals surface area contributed by atoms with Gasteiger partial charge in [-0.25, -0.2) is 0 Å². The van der Waals surface area contributed by atoms with E-state index in [1.165, 1.54) is 19.3 Å². The van der Waals surface area contributed by atoms with Gasteiger partial charge in [-0.1, -0.05) is 31.9 Å². The minimum absolute atomic E-state index is 0.00840. The molecule has 108 valence electrons. The van der Waals surface area contributed by atoms with Crippen LogP contribution in [0.25, 0.3) is 0 Å². The molecule has 1 saturated carbocycles. The second-order valence-electron chi connectivity index (χ2n) is 5.41. The molecule has 0 unspecified atom stereocenters. The highest BCUT2D eigenvalue weighted by Crippen LogP contribution is 2.23. The van der Waals surface area contributed by atoms with Crippen molar-refractivity contribution in [2.24, 2.45) is 5.92 Å². The number of benzene rings is 1. The smallest absolute Gasteiger partial charge is 0.258 e. The highest BCUT2D eigenvalue weighted by molar-refractivity contribution is 5.78. The second-order valence-corrected chi connectivity index (χ2v) is 5.41. The molecule has 1 N–H and O–H groups in total. The zero-order chi connectivity index (χ0) is 14.4. The van der Waals surface area contributed by atoms with Gasteiger partial charge in [-0.05, 0) is 30.9 Å². The predicted octanol–water partition coefficient (Wildman–Crippen LogP) is 2.57. The molecule has 1 fully saturated rings. The van der Waals surface area contributed by atoms with Gasteiger partial charge in [-0.3, -0.25) is 9.59 Å². The Balaban J connectivity index is 1.80. The lowest BCUT2D eigenvalue weighted by Gasteiger charge is -2.29. The summed E-state index contributed by atoms with van der Waals surface area (Å²) in [7, 11) is 0. The van der Waals surface area contributed by atoms with Crippen LogP contribution in [0.15, 0.2) is 24.3 Å². The molecule has 0 bridgehead atoms. The highest BCUT2D eigenvalue weighted by atomic mass is 16.5. The summed E-state index contributed by atoms with van der Waals surface area (Å²) in [6, 6.07) is 7.07. The first-order chi connectivity index (χ1) is 9.69. The Morgan fingerprint density at radius 2 is 2.20 bits per heavy atom. The van der Waals surface area contributed by atoms with E-state index in [2.05, 4.69) is 12.2 Å². The maximum absolute atomic E-state index is 11.9. The molecule has 1 aromatic rings. The van der Waals surface area contributed by atoms with Crippen molar-refractivity contribution in [3.05, 3.63) is 29.8 Å². The molecular formula is C16H21NO3. The van der Waals surface area contributed by atoms with Crippen LogP contribution in [0, 0.1) is 5.92 Å². The molecular weight excluding hydrogens is 254 g/mol. The van der Waals surface area contributed by atoms with Crippen LogP contribution in [-0.4, -0.2) is 24.8 Å². The molecule has 0 aromatic heterocycles. The molecule has 0 aliphatic heterocycles. The van der Waals surface area contributed by atoms with Crippen LogP contribution < -0.4 is 10.1 Å². The second kappa shape index (κ2) is 7.08. The van der Waals surface area contributed by atoms with Crippen molar-refractivity contribution in [3.8, 4) is 5.75 Å². The lowest BCUT2D eigenvalue weighted by atomic mass is 9.86. The third-order valence-electron chi connectivity index (χ3n) is 3.82. The van der Waals surface area contributed by atoms with Gasteiger partial charge in [0.05, 0.1) is 0 Å². The van der Waals surface area contributed by atoms with Crippen LogP contribution in [0.4, 0.5) is 0 Å². The summed E-state index contributed by atoms with van der Waals surface area (Å²) < 4.78 is 5.42. The number of aldehydes is 1. The Morgan fingerprint density at radius 1 is 1.40 bits per heavy atom. The molecule has 2 rings (SSSR count). The third-order valence-corrected chi connectivity index (χ3v) is 3.82. The van der Waals surface area contributed by atoms with Gasteiger partial charge >= 0.3 is 0 Å². The number of carbonyl (C=O) groups is 2. The van der Waals surface area contributed by atoms with Gasteiger partial charge in [0.15, 0.2) is 6.61 Å². The van der Waals surface area contributed by atoms with Crippen molar-refractivity contribution in [1.29, 1.82) is 0 Å². The summed E-state index contributed by atoms with van der Waals surface area (Å²) >= 11 is 0. The molecule has 4 nitrogen and oxygen atoms in total. The first-order valence-corrected chi connectivity index (χ1v) is 7.16. The molecule has 1 aliphatic rings. The van der Waals surface area contributed by atoms with E-state index in [0.29, 0.717) is 17.2 Å². The van der Waals surface area contributed by atoms with Crippen LogP contribution in [0.3, 0.4) is 0 Å². The number of hydrogen-bond acceptors (Lipinski definition) is 3. The van der Waals surface area contributed by atoms with Gasteiger partial charge in [-0.2, -0.15) is 0 Å². The Morgan fingerprint density at radius 3 is 2.95 bits per heavy atom. The Bertz CT molecular complexity index is 473. The number of carbonyl (C=O) groups excluding carboxylic acids is 2. The van der Waals surface area contributed by atoms with Crippen molar-refractivity contribution in [3.63, 3.8) is 0 Å². The normalized spacial score (nSPS) is 22.1. The van der Waals surface area contributed by atoms with Gasteiger partial charge in [0.1, 0.15) is 12.0 Å². The van der Waals surface area contributed by atoms with E-state index in [4.69, 9.17) is 4.74 Å². The van der Waals surface area contributed by atoms with Gasteiger partial charge in [0.25, 0.3) is 5.91 Å². The van der Waals surface area contributed by atoms with Gasteiger partial charge in [-0.15, -0.1) is 0 Å². The van der Waals surface area contributed by atoms with Crippen LogP contribution in [-0.2, 0) is 4.79 Å². The molecule has 1 aromatic carbocycles. The van der Waals surface area contributed by atoms with Crippen molar-refractivity contribution in [1.82, 2.24) is 5.32 Å². The number of amides is 1. The maximum atomic E-state index is 11.9. The van der Waals surface area contributed by atoms with E-state index in [0.717, 1.165) is 12.7 Å². The van der Waals surface area contributed by atoms with Crippen molar-refractivity contribution in [2.75, 3.05) is 6.61 Å². The van der Waals surface area contributed by atoms with E-state index in [9.17, 15) is 9.59 Å². The Hall–Kier alpha value is -1.84. The van der Waals surface area contributed by atoms with Crippen LogP contribution in [0.5, 0.6) is 5.75 Å². The minimum Gasteiger partial charge on any atom is -0.484 e. The van der Waals surface area contributed by atoms with E-state index in [-0.39, 0.29) is 18.6 Å². The lowest BCUT2D eigenvalue weighted by Crippen LogP contribution is -2.43. The van der Waals surface area contributed by atoms with Crippen LogP contribution >= 0.6 is 0 Å².